The summed E-state index contributed by atoms with van der Waals surface area (Å²) in [6, 6.07) is 3.45. The Morgan fingerprint density at radius 1 is 1.45 bits per heavy atom. The number of nitrogen functional groups attached to an aromatic ring is 1. The molecule has 1 aliphatic heterocycles. The maximum atomic E-state index is 9.92. The topological polar surface area (TPSA) is 126 Å². The third-order valence-corrected chi connectivity index (χ3v) is 3.73. The number of aliphatic hydroxyl groups excluding tert-OH is 3. The van der Waals surface area contributed by atoms with Crippen molar-refractivity contribution in [1.29, 1.82) is 0 Å². The van der Waals surface area contributed by atoms with Crippen molar-refractivity contribution < 1.29 is 20.1 Å². The van der Waals surface area contributed by atoms with Gasteiger partial charge >= 0.3 is 0 Å². The molecule has 0 amide bonds. The lowest BCUT2D eigenvalue weighted by Crippen LogP contribution is -2.33. The van der Waals surface area contributed by atoms with Crippen LogP contribution in [0.2, 0.25) is 0 Å². The monoisotopic (exact) mass is 280 g/mol. The minimum absolute atomic E-state index is 0.171. The molecule has 3 rings (SSSR count). The number of aromatic nitrogens is 3. The van der Waals surface area contributed by atoms with Crippen LogP contribution in [0.3, 0.4) is 0 Å². The fourth-order valence-corrected chi connectivity index (χ4v) is 2.69. The molecule has 0 unspecified atom stereocenters. The molecule has 3 atom stereocenters. The zero-order valence-corrected chi connectivity index (χ0v) is 10.7. The first kappa shape index (κ1) is 13.3. The van der Waals surface area contributed by atoms with Gasteiger partial charge in [-0.15, -0.1) is 0 Å². The molecule has 8 nitrogen and oxygen atoms in total. The molecular weight excluding hydrogens is 264 g/mol. The highest BCUT2D eigenvalue weighted by atomic mass is 16.6. The van der Waals surface area contributed by atoms with Crippen molar-refractivity contribution in [3.8, 4) is 0 Å². The second kappa shape index (κ2) is 4.67. The molecule has 0 spiro atoms. The molecule has 5 N–H and O–H groups in total. The van der Waals surface area contributed by atoms with Crippen LogP contribution in [0.5, 0.6) is 0 Å². The van der Waals surface area contributed by atoms with Crippen LogP contribution in [0.25, 0.3) is 5.52 Å². The summed E-state index contributed by atoms with van der Waals surface area (Å²) in [5.41, 5.74) is 5.82. The average molecular weight is 280 g/mol. The minimum Gasteiger partial charge on any atom is -0.394 e. The standard InChI is InChI=1S/C12H16N4O4/c13-11-7-1-2-10(16(7)15-6-14-11)12(5-18)3-8(19)9(4-17)20-12/h1-2,6,8-9,17-19H,3-5H2,(H2,13,14,15)/t8-,9+,12-/m0/s1. The number of anilines is 1. The van der Waals surface area contributed by atoms with E-state index in [0.717, 1.165) is 0 Å². The highest BCUT2D eigenvalue weighted by Gasteiger charge is 2.48. The van der Waals surface area contributed by atoms with Crippen molar-refractivity contribution in [2.24, 2.45) is 0 Å². The fourth-order valence-electron chi connectivity index (χ4n) is 2.69. The summed E-state index contributed by atoms with van der Waals surface area (Å²) in [6.07, 6.45) is -0.0971. The lowest BCUT2D eigenvalue weighted by Gasteiger charge is -2.26. The Labute approximate surface area is 114 Å². The number of hydrogen-bond donors (Lipinski definition) is 4. The minimum atomic E-state index is -1.11. The third-order valence-electron chi connectivity index (χ3n) is 3.73. The van der Waals surface area contributed by atoms with Crippen LogP contribution in [-0.4, -0.2) is 55.3 Å². The van der Waals surface area contributed by atoms with Gasteiger partial charge in [-0.2, -0.15) is 5.10 Å². The first-order valence-electron chi connectivity index (χ1n) is 6.27. The average Bonchev–Trinajstić information content (AvgIpc) is 3.01. The second-order valence-electron chi connectivity index (χ2n) is 4.92. The van der Waals surface area contributed by atoms with E-state index in [1.807, 2.05) is 0 Å². The smallest absolute Gasteiger partial charge is 0.151 e. The normalized spacial score (nSPS) is 30.1. The van der Waals surface area contributed by atoms with Crippen molar-refractivity contribution >= 4 is 11.3 Å². The van der Waals surface area contributed by atoms with Gasteiger partial charge in [-0.05, 0) is 12.1 Å². The van der Waals surface area contributed by atoms with Gasteiger partial charge in [-0.25, -0.2) is 9.50 Å². The van der Waals surface area contributed by atoms with Gasteiger partial charge in [0.1, 0.15) is 23.5 Å². The van der Waals surface area contributed by atoms with Crippen LogP contribution in [0.1, 0.15) is 12.1 Å². The summed E-state index contributed by atoms with van der Waals surface area (Å²) in [6.45, 7) is -0.653. The molecule has 1 saturated heterocycles. The summed E-state index contributed by atoms with van der Waals surface area (Å²) in [5, 5.41) is 33.0. The van der Waals surface area contributed by atoms with E-state index in [4.69, 9.17) is 10.5 Å². The van der Waals surface area contributed by atoms with Crippen molar-refractivity contribution in [2.45, 2.75) is 24.2 Å². The molecule has 108 valence electrons. The van der Waals surface area contributed by atoms with Crippen molar-refractivity contribution in [3.05, 3.63) is 24.2 Å². The zero-order valence-electron chi connectivity index (χ0n) is 10.7. The number of ether oxygens (including phenoxy) is 1. The van der Waals surface area contributed by atoms with Crippen molar-refractivity contribution in [2.75, 3.05) is 18.9 Å². The maximum absolute atomic E-state index is 9.92. The highest BCUT2D eigenvalue weighted by molar-refractivity contribution is 5.65. The molecule has 3 heterocycles. The highest BCUT2D eigenvalue weighted by Crippen LogP contribution is 2.39. The van der Waals surface area contributed by atoms with Crippen LogP contribution in [0.4, 0.5) is 5.82 Å². The molecule has 2 aromatic heterocycles. The Kier molecular flexibility index (Phi) is 3.09. The van der Waals surface area contributed by atoms with Crippen LogP contribution in [-0.2, 0) is 10.3 Å². The van der Waals surface area contributed by atoms with Gasteiger partial charge in [0.25, 0.3) is 0 Å². The van der Waals surface area contributed by atoms with E-state index < -0.39 is 17.8 Å². The van der Waals surface area contributed by atoms with Crippen LogP contribution < -0.4 is 5.73 Å². The summed E-state index contributed by atoms with van der Waals surface area (Å²) >= 11 is 0. The number of rotatable bonds is 3. The Balaban J connectivity index is 2.11. The van der Waals surface area contributed by atoms with Crippen LogP contribution in [0.15, 0.2) is 18.5 Å². The molecule has 8 heteroatoms. The quantitative estimate of drug-likeness (QED) is 0.547. The lowest BCUT2D eigenvalue weighted by atomic mass is 9.95. The van der Waals surface area contributed by atoms with Gasteiger partial charge in [0.05, 0.1) is 25.0 Å². The van der Waals surface area contributed by atoms with Crippen molar-refractivity contribution in [3.63, 3.8) is 0 Å². The van der Waals surface area contributed by atoms with E-state index >= 15 is 0 Å². The van der Waals surface area contributed by atoms with Gasteiger partial charge in [-0.3, -0.25) is 0 Å². The van der Waals surface area contributed by atoms with E-state index in [-0.39, 0.29) is 19.6 Å². The van der Waals surface area contributed by atoms with Gasteiger partial charge in [0.2, 0.25) is 0 Å². The molecule has 0 aromatic carbocycles. The van der Waals surface area contributed by atoms with Gasteiger partial charge in [0.15, 0.2) is 5.82 Å². The Morgan fingerprint density at radius 3 is 2.90 bits per heavy atom. The molecule has 0 radical (unpaired) electrons. The number of fused-ring (bicyclic) bond motifs is 1. The Bertz CT molecular complexity index is 631. The van der Waals surface area contributed by atoms with E-state index in [1.165, 1.54) is 10.8 Å². The largest absolute Gasteiger partial charge is 0.394 e. The molecule has 0 bridgehead atoms. The fraction of sp³-hybridized carbons (Fsp3) is 0.500. The molecule has 2 aromatic rings. The molecule has 1 aliphatic rings. The molecule has 20 heavy (non-hydrogen) atoms. The second-order valence-corrected chi connectivity index (χ2v) is 4.92. The van der Waals surface area contributed by atoms with Gasteiger partial charge in [-0.1, -0.05) is 0 Å². The molecule has 1 fully saturated rings. The zero-order chi connectivity index (χ0) is 14.3. The summed E-state index contributed by atoms with van der Waals surface area (Å²) in [4.78, 5) is 3.90. The first-order valence-corrected chi connectivity index (χ1v) is 6.27. The van der Waals surface area contributed by atoms with Gasteiger partial charge in [0, 0.05) is 6.42 Å². The third kappa shape index (κ3) is 1.77. The SMILES string of the molecule is Nc1ncnn2c([C@@]3(CO)C[C@H](O)[C@@H](CO)O3)ccc12. The molecule has 0 aliphatic carbocycles. The predicted molar refractivity (Wildman–Crippen MR) is 68.7 cm³/mol. The maximum Gasteiger partial charge on any atom is 0.151 e. The Hall–Kier alpha value is -1.74. The number of nitrogens with zero attached hydrogens (tertiary/aromatic N) is 3. The lowest BCUT2D eigenvalue weighted by molar-refractivity contribution is -0.101. The van der Waals surface area contributed by atoms with E-state index in [2.05, 4.69) is 10.1 Å². The number of hydrogen-bond acceptors (Lipinski definition) is 7. The summed E-state index contributed by atoms with van der Waals surface area (Å²) in [7, 11) is 0. The van der Waals surface area contributed by atoms with E-state index in [1.54, 1.807) is 12.1 Å². The molecular formula is C12H16N4O4. The van der Waals surface area contributed by atoms with Crippen molar-refractivity contribution in [1.82, 2.24) is 14.6 Å². The summed E-state index contributed by atoms with van der Waals surface area (Å²) < 4.78 is 7.21. The van der Waals surface area contributed by atoms with E-state index in [0.29, 0.717) is 17.0 Å². The van der Waals surface area contributed by atoms with Gasteiger partial charge < -0.3 is 25.8 Å². The summed E-state index contributed by atoms with van der Waals surface area (Å²) in [5.74, 6) is 0.316. The number of nitrogens with two attached hydrogens (primary N) is 1. The van der Waals surface area contributed by atoms with E-state index in [9.17, 15) is 15.3 Å². The Morgan fingerprint density at radius 2 is 2.25 bits per heavy atom. The number of aliphatic hydroxyl groups is 3. The first-order chi connectivity index (χ1) is 9.61. The van der Waals surface area contributed by atoms with Crippen LogP contribution in [0, 0.1) is 0 Å². The predicted octanol–water partition coefficient (Wildman–Crippen LogP) is -1.36. The molecule has 0 saturated carbocycles. The van der Waals surface area contributed by atoms with Crippen LogP contribution >= 0.6 is 0 Å².